The Hall–Kier alpha value is -2.67. The third-order valence-electron chi connectivity index (χ3n) is 4.20. The number of rotatable bonds is 5. The molecular formula is C19H21N3O3S. The lowest BCUT2D eigenvalue weighted by atomic mass is 10.2. The number of anilines is 2. The van der Waals surface area contributed by atoms with E-state index in [0.717, 1.165) is 22.0 Å². The molecule has 1 unspecified atom stereocenters. The zero-order chi connectivity index (χ0) is 18.5. The third kappa shape index (κ3) is 4.11. The van der Waals surface area contributed by atoms with Gasteiger partial charge < -0.3 is 20.3 Å². The number of nitrogens with one attached hydrogen (secondary N) is 2. The number of urea groups is 1. The Morgan fingerprint density at radius 1 is 1.19 bits per heavy atom. The molecule has 0 aliphatic carbocycles. The van der Waals surface area contributed by atoms with Crippen LogP contribution in [0.3, 0.4) is 0 Å². The summed E-state index contributed by atoms with van der Waals surface area (Å²) in [6, 6.07) is 14.4. The van der Waals surface area contributed by atoms with Gasteiger partial charge in [-0.25, -0.2) is 4.79 Å². The highest BCUT2D eigenvalue weighted by molar-refractivity contribution is 7.98. The van der Waals surface area contributed by atoms with Crippen molar-refractivity contribution in [1.29, 1.82) is 0 Å². The molecule has 1 aliphatic rings. The van der Waals surface area contributed by atoms with E-state index in [9.17, 15) is 9.59 Å². The number of benzene rings is 2. The Morgan fingerprint density at radius 3 is 2.62 bits per heavy atom. The van der Waals surface area contributed by atoms with Gasteiger partial charge in [-0.2, -0.15) is 0 Å². The summed E-state index contributed by atoms with van der Waals surface area (Å²) in [6.45, 7) is 0.447. The van der Waals surface area contributed by atoms with Crippen LogP contribution in [0.4, 0.5) is 16.2 Å². The van der Waals surface area contributed by atoms with Gasteiger partial charge in [0.1, 0.15) is 5.75 Å². The Bertz CT molecular complexity index is 795. The van der Waals surface area contributed by atoms with Crippen LogP contribution in [0.1, 0.15) is 6.42 Å². The molecule has 0 bridgehead atoms. The molecule has 3 amide bonds. The molecule has 2 N–H and O–H groups in total. The molecule has 2 aromatic carbocycles. The molecule has 0 radical (unpaired) electrons. The molecular weight excluding hydrogens is 350 g/mol. The molecule has 1 fully saturated rings. The van der Waals surface area contributed by atoms with E-state index >= 15 is 0 Å². The molecule has 7 heteroatoms. The van der Waals surface area contributed by atoms with E-state index in [1.807, 2.05) is 54.8 Å². The van der Waals surface area contributed by atoms with Crippen LogP contribution in [-0.4, -0.2) is 37.9 Å². The first-order chi connectivity index (χ1) is 12.6. The third-order valence-corrected chi connectivity index (χ3v) is 5.00. The van der Waals surface area contributed by atoms with Gasteiger partial charge in [0, 0.05) is 23.5 Å². The van der Waals surface area contributed by atoms with E-state index in [1.165, 1.54) is 0 Å². The number of hydrogen-bond acceptors (Lipinski definition) is 4. The zero-order valence-electron chi connectivity index (χ0n) is 14.7. The molecule has 1 atom stereocenters. The maximum Gasteiger partial charge on any atom is 0.319 e. The Labute approximate surface area is 156 Å². The van der Waals surface area contributed by atoms with Gasteiger partial charge in [-0.05, 0) is 42.7 Å². The minimum Gasteiger partial charge on any atom is -0.497 e. The van der Waals surface area contributed by atoms with E-state index in [2.05, 4.69) is 10.6 Å². The summed E-state index contributed by atoms with van der Waals surface area (Å²) in [4.78, 5) is 27.3. The van der Waals surface area contributed by atoms with Gasteiger partial charge in [-0.3, -0.25) is 4.79 Å². The van der Waals surface area contributed by atoms with Crippen LogP contribution >= 0.6 is 11.8 Å². The van der Waals surface area contributed by atoms with Crippen molar-refractivity contribution in [2.24, 2.45) is 0 Å². The smallest absolute Gasteiger partial charge is 0.319 e. The van der Waals surface area contributed by atoms with Crippen LogP contribution in [0.15, 0.2) is 53.4 Å². The molecule has 1 aliphatic heterocycles. The molecule has 26 heavy (non-hydrogen) atoms. The normalized spacial score (nSPS) is 16.5. The second kappa shape index (κ2) is 8.14. The first-order valence-corrected chi connectivity index (χ1v) is 9.48. The molecule has 2 aromatic rings. The van der Waals surface area contributed by atoms with Crippen LogP contribution in [-0.2, 0) is 4.79 Å². The number of amides is 3. The second-order valence-electron chi connectivity index (χ2n) is 5.90. The number of methoxy groups -OCH3 is 1. The molecule has 1 heterocycles. The van der Waals surface area contributed by atoms with E-state index in [-0.39, 0.29) is 24.4 Å². The van der Waals surface area contributed by atoms with Crippen molar-refractivity contribution in [2.45, 2.75) is 17.4 Å². The first-order valence-electron chi connectivity index (χ1n) is 8.25. The van der Waals surface area contributed by atoms with Gasteiger partial charge >= 0.3 is 6.03 Å². The Kier molecular flexibility index (Phi) is 5.68. The fourth-order valence-electron chi connectivity index (χ4n) is 2.91. The van der Waals surface area contributed by atoms with Crippen LogP contribution in [0.5, 0.6) is 5.75 Å². The van der Waals surface area contributed by atoms with Crippen molar-refractivity contribution >= 4 is 35.1 Å². The first kappa shape index (κ1) is 18.1. The summed E-state index contributed by atoms with van der Waals surface area (Å²) in [5.74, 6) is 0.729. The Balaban J connectivity index is 1.60. The summed E-state index contributed by atoms with van der Waals surface area (Å²) in [5, 5.41) is 5.74. The van der Waals surface area contributed by atoms with Crippen LogP contribution < -0.4 is 20.3 Å². The van der Waals surface area contributed by atoms with E-state index in [4.69, 9.17) is 4.74 Å². The maximum absolute atomic E-state index is 12.3. The van der Waals surface area contributed by atoms with Crippen molar-refractivity contribution in [1.82, 2.24) is 5.32 Å². The quantitative estimate of drug-likeness (QED) is 0.791. The van der Waals surface area contributed by atoms with Gasteiger partial charge in [-0.1, -0.05) is 12.1 Å². The number of ether oxygens (including phenoxy) is 1. The molecule has 3 rings (SSSR count). The van der Waals surface area contributed by atoms with Crippen molar-refractivity contribution in [2.75, 3.05) is 30.1 Å². The van der Waals surface area contributed by atoms with Gasteiger partial charge in [0.05, 0.1) is 18.8 Å². The molecule has 1 saturated heterocycles. The summed E-state index contributed by atoms with van der Waals surface area (Å²) in [6.07, 6.45) is 2.24. The predicted molar refractivity (Wildman–Crippen MR) is 104 cm³/mol. The molecule has 0 spiro atoms. The number of thioether (sulfide) groups is 1. The monoisotopic (exact) mass is 371 g/mol. The van der Waals surface area contributed by atoms with Crippen LogP contribution in [0.25, 0.3) is 0 Å². The standard InChI is InChI=1S/C19H21N3O3S/c1-25-15-9-7-14(8-10-15)22-12-13(11-18(22)23)20-19(24)21-16-5-3-4-6-17(16)26-2/h3-10,13H,11-12H2,1-2H3,(H2,20,21,24). The highest BCUT2D eigenvalue weighted by Crippen LogP contribution is 2.26. The van der Waals surface area contributed by atoms with E-state index in [1.54, 1.807) is 23.8 Å². The minimum absolute atomic E-state index is 0.00928. The lowest BCUT2D eigenvalue weighted by Gasteiger charge is -2.18. The summed E-state index contributed by atoms with van der Waals surface area (Å²) in [7, 11) is 1.60. The molecule has 136 valence electrons. The fourth-order valence-corrected chi connectivity index (χ4v) is 3.46. The second-order valence-corrected chi connectivity index (χ2v) is 6.75. The van der Waals surface area contributed by atoms with Crippen molar-refractivity contribution in [3.05, 3.63) is 48.5 Å². The van der Waals surface area contributed by atoms with Crippen molar-refractivity contribution in [3.63, 3.8) is 0 Å². The lowest BCUT2D eigenvalue weighted by molar-refractivity contribution is -0.117. The summed E-state index contributed by atoms with van der Waals surface area (Å²) in [5.41, 5.74) is 1.56. The van der Waals surface area contributed by atoms with E-state index in [0.29, 0.717) is 6.54 Å². The molecule has 0 aromatic heterocycles. The highest BCUT2D eigenvalue weighted by atomic mass is 32.2. The summed E-state index contributed by atoms with van der Waals surface area (Å²) < 4.78 is 5.14. The fraction of sp³-hybridized carbons (Fsp3) is 0.263. The number of para-hydroxylation sites is 1. The summed E-state index contributed by atoms with van der Waals surface area (Å²) >= 11 is 1.57. The minimum atomic E-state index is -0.305. The van der Waals surface area contributed by atoms with Gasteiger partial charge in [0.25, 0.3) is 0 Å². The van der Waals surface area contributed by atoms with E-state index < -0.39 is 0 Å². The lowest BCUT2D eigenvalue weighted by Crippen LogP contribution is -2.39. The van der Waals surface area contributed by atoms with Crippen LogP contribution in [0, 0.1) is 0 Å². The molecule has 6 nitrogen and oxygen atoms in total. The number of carbonyl (C=O) groups excluding carboxylic acids is 2. The average molecular weight is 371 g/mol. The predicted octanol–water partition coefficient (Wildman–Crippen LogP) is 3.34. The highest BCUT2D eigenvalue weighted by Gasteiger charge is 2.31. The number of nitrogens with zero attached hydrogens (tertiary/aromatic N) is 1. The van der Waals surface area contributed by atoms with Gasteiger partial charge in [0.15, 0.2) is 0 Å². The number of hydrogen-bond donors (Lipinski definition) is 2. The van der Waals surface area contributed by atoms with Crippen molar-refractivity contribution in [3.8, 4) is 5.75 Å². The van der Waals surface area contributed by atoms with Gasteiger partial charge in [-0.15, -0.1) is 11.8 Å². The van der Waals surface area contributed by atoms with Crippen molar-refractivity contribution < 1.29 is 14.3 Å². The largest absolute Gasteiger partial charge is 0.497 e. The topological polar surface area (TPSA) is 70.7 Å². The Morgan fingerprint density at radius 2 is 1.92 bits per heavy atom. The van der Waals surface area contributed by atoms with Crippen LogP contribution in [0.2, 0.25) is 0 Å². The average Bonchev–Trinajstić information content (AvgIpc) is 3.02. The zero-order valence-corrected chi connectivity index (χ0v) is 15.5. The SMILES string of the molecule is COc1ccc(N2CC(NC(=O)Nc3ccccc3SC)CC2=O)cc1. The number of carbonyl (C=O) groups is 2. The molecule has 0 saturated carbocycles. The maximum atomic E-state index is 12.3. The van der Waals surface area contributed by atoms with Gasteiger partial charge in [0.2, 0.25) is 5.91 Å².